The second kappa shape index (κ2) is 4.95. The van der Waals surface area contributed by atoms with Crippen molar-refractivity contribution in [1.29, 1.82) is 0 Å². The normalized spacial score (nSPS) is 9.47. The van der Waals surface area contributed by atoms with Crippen molar-refractivity contribution in [2.24, 2.45) is 5.73 Å². The maximum absolute atomic E-state index is 11.3. The van der Waals surface area contributed by atoms with Gasteiger partial charge in [0.25, 0.3) is 5.91 Å². The zero-order valence-corrected chi connectivity index (χ0v) is 9.58. The fourth-order valence-electron chi connectivity index (χ4n) is 1.04. The Hall–Kier alpha value is -1.33. The lowest BCUT2D eigenvalue weighted by Crippen LogP contribution is -2.21. The average molecular weight is 244 g/mol. The van der Waals surface area contributed by atoms with E-state index in [-0.39, 0.29) is 11.0 Å². The summed E-state index contributed by atoms with van der Waals surface area (Å²) < 4.78 is 0. The van der Waals surface area contributed by atoms with Crippen LogP contribution in [0.4, 0.5) is 5.69 Å². The fourth-order valence-corrected chi connectivity index (χ4v) is 1.31. The highest BCUT2D eigenvalue weighted by molar-refractivity contribution is 7.80. The molecule has 1 rings (SSSR count). The molecule has 0 spiro atoms. The number of thiocarbonyl (C=S) groups is 1. The van der Waals surface area contributed by atoms with E-state index in [1.165, 1.54) is 0 Å². The Morgan fingerprint density at radius 2 is 2.20 bits per heavy atom. The SMILES string of the molecule is CNC(=O)c1ccc(Cl)c(NC(N)=S)c1. The van der Waals surface area contributed by atoms with Crippen LogP contribution in [0, 0.1) is 0 Å². The molecule has 0 saturated carbocycles. The Kier molecular flexibility index (Phi) is 3.88. The highest BCUT2D eigenvalue weighted by Gasteiger charge is 2.07. The van der Waals surface area contributed by atoms with E-state index in [2.05, 4.69) is 22.9 Å². The van der Waals surface area contributed by atoms with Gasteiger partial charge in [-0.3, -0.25) is 4.79 Å². The number of carbonyl (C=O) groups is 1. The molecule has 0 aromatic heterocycles. The summed E-state index contributed by atoms with van der Waals surface area (Å²) in [6, 6.07) is 4.80. The van der Waals surface area contributed by atoms with E-state index in [0.717, 1.165) is 0 Å². The van der Waals surface area contributed by atoms with Gasteiger partial charge in [0.1, 0.15) is 0 Å². The number of hydrogen-bond donors (Lipinski definition) is 3. The molecule has 0 aliphatic rings. The summed E-state index contributed by atoms with van der Waals surface area (Å²) in [7, 11) is 1.55. The van der Waals surface area contributed by atoms with Gasteiger partial charge in [-0.1, -0.05) is 11.6 Å². The van der Waals surface area contributed by atoms with E-state index in [1.807, 2.05) is 0 Å². The van der Waals surface area contributed by atoms with Crippen LogP contribution in [0.2, 0.25) is 5.02 Å². The third-order valence-corrected chi connectivity index (χ3v) is 2.15. The Labute approximate surface area is 97.8 Å². The van der Waals surface area contributed by atoms with Gasteiger partial charge < -0.3 is 16.4 Å². The molecule has 0 unspecified atom stereocenters. The molecule has 0 fully saturated rings. The fraction of sp³-hybridized carbons (Fsp3) is 0.111. The number of amides is 1. The Balaban J connectivity index is 3.05. The van der Waals surface area contributed by atoms with E-state index in [4.69, 9.17) is 17.3 Å². The summed E-state index contributed by atoms with van der Waals surface area (Å²) in [5.74, 6) is -0.197. The Morgan fingerprint density at radius 1 is 1.53 bits per heavy atom. The van der Waals surface area contributed by atoms with E-state index < -0.39 is 0 Å². The van der Waals surface area contributed by atoms with Crippen molar-refractivity contribution in [3.05, 3.63) is 28.8 Å². The first-order valence-corrected chi connectivity index (χ1v) is 4.91. The molecule has 0 heterocycles. The van der Waals surface area contributed by atoms with Gasteiger partial charge in [-0.25, -0.2) is 0 Å². The molecular weight excluding hydrogens is 234 g/mol. The molecule has 80 valence electrons. The first-order valence-electron chi connectivity index (χ1n) is 4.12. The number of nitrogens with two attached hydrogens (primary N) is 1. The maximum atomic E-state index is 11.3. The van der Waals surface area contributed by atoms with Crippen molar-refractivity contribution in [3.8, 4) is 0 Å². The summed E-state index contributed by atoms with van der Waals surface area (Å²) in [5.41, 5.74) is 6.32. The van der Waals surface area contributed by atoms with Crippen LogP contribution in [0.1, 0.15) is 10.4 Å². The molecule has 0 atom stereocenters. The summed E-state index contributed by atoms with van der Waals surface area (Å²) in [5, 5.41) is 5.75. The molecule has 4 N–H and O–H groups in total. The average Bonchev–Trinajstić information content (AvgIpc) is 2.19. The van der Waals surface area contributed by atoms with Crippen LogP contribution in [0.25, 0.3) is 0 Å². The van der Waals surface area contributed by atoms with Crippen LogP contribution >= 0.6 is 23.8 Å². The van der Waals surface area contributed by atoms with Crippen molar-refractivity contribution in [2.75, 3.05) is 12.4 Å². The summed E-state index contributed by atoms with van der Waals surface area (Å²) in [6.07, 6.45) is 0. The summed E-state index contributed by atoms with van der Waals surface area (Å²) in [6.45, 7) is 0. The number of nitrogens with one attached hydrogen (secondary N) is 2. The topological polar surface area (TPSA) is 67.2 Å². The van der Waals surface area contributed by atoms with Gasteiger partial charge in [-0.2, -0.15) is 0 Å². The standard InChI is InChI=1S/C9H10ClN3OS/c1-12-8(14)5-2-3-6(10)7(4-5)13-9(11)15/h2-4H,1H3,(H,12,14)(H3,11,13,15). The van der Waals surface area contributed by atoms with Gasteiger partial charge in [0.05, 0.1) is 10.7 Å². The Bertz CT molecular complexity index is 408. The van der Waals surface area contributed by atoms with Gasteiger partial charge in [-0.15, -0.1) is 0 Å². The molecule has 0 aliphatic carbocycles. The van der Waals surface area contributed by atoms with Crippen LogP contribution in [0.5, 0.6) is 0 Å². The lowest BCUT2D eigenvalue weighted by Gasteiger charge is -2.08. The zero-order chi connectivity index (χ0) is 11.4. The van der Waals surface area contributed by atoms with Gasteiger partial charge in [0.2, 0.25) is 0 Å². The molecular formula is C9H10ClN3OS. The molecule has 0 aliphatic heterocycles. The van der Waals surface area contributed by atoms with Gasteiger partial charge in [0.15, 0.2) is 5.11 Å². The van der Waals surface area contributed by atoms with Crippen LogP contribution in [-0.2, 0) is 0 Å². The predicted molar refractivity (Wildman–Crippen MR) is 65.3 cm³/mol. The van der Waals surface area contributed by atoms with Crippen molar-refractivity contribution in [2.45, 2.75) is 0 Å². The quantitative estimate of drug-likeness (QED) is 0.686. The highest BCUT2D eigenvalue weighted by Crippen LogP contribution is 2.22. The van der Waals surface area contributed by atoms with Crippen LogP contribution in [-0.4, -0.2) is 18.1 Å². The molecule has 0 radical (unpaired) electrons. The minimum absolute atomic E-state index is 0.103. The number of halogens is 1. The second-order valence-corrected chi connectivity index (χ2v) is 3.61. The minimum Gasteiger partial charge on any atom is -0.376 e. The van der Waals surface area contributed by atoms with Gasteiger partial charge >= 0.3 is 0 Å². The molecule has 0 saturated heterocycles. The van der Waals surface area contributed by atoms with Gasteiger partial charge in [-0.05, 0) is 30.4 Å². The van der Waals surface area contributed by atoms with E-state index in [1.54, 1.807) is 25.2 Å². The number of carbonyl (C=O) groups excluding carboxylic acids is 1. The van der Waals surface area contributed by atoms with E-state index in [9.17, 15) is 4.79 Å². The largest absolute Gasteiger partial charge is 0.376 e. The maximum Gasteiger partial charge on any atom is 0.251 e. The third kappa shape index (κ3) is 3.07. The van der Waals surface area contributed by atoms with E-state index in [0.29, 0.717) is 16.3 Å². The molecule has 1 amide bonds. The third-order valence-electron chi connectivity index (χ3n) is 1.71. The number of hydrogen-bond acceptors (Lipinski definition) is 2. The molecule has 4 nitrogen and oxygen atoms in total. The zero-order valence-electron chi connectivity index (χ0n) is 8.00. The molecule has 1 aromatic carbocycles. The molecule has 6 heteroatoms. The predicted octanol–water partition coefficient (Wildman–Crippen LogP) is 1.36. The van der Waals surface area contributed by atoms with Crippen LogP contribution in [0.15, 0.2) is 18.2 Å². The smallest absolute Gasteiger partial charge is 0.251 e. The summed E-state index contributed by atoms with van der Waals surface area (Å²) in [4.78, 5) is 11.3. The summed E-state index contributed by atoms with van der Waals surface area (Å²) >= 11 is 10.6. The van der Waals surface area contributed by atoms with Crippen molar-refractivity contribution in [3.63, 3.8) is 0 Å². The highest BCUT2D eigenvalue weighted by atomic mass is 35.5. The lowest BCUT2D eigenvalue weighted by atomic mass is 10.2. The Morgan fingerprint density at radius 3 is 2.73 bits per heavy atom. The first kappa shape index (κ1) is 11.7. The lowest BCUT2D eigenvalue weighted by molar-refractivity contribution is 0.0963. The van der Waals surface area contributed by atoms with E-state index >= 15 is 0 Å². The molecule has 1 aromatic rings. The van der Waals surface area contributed by atoms with Gasteiger partial charge in [0, 0.05) is 12.6 Å². The number of rotatable bonds is 2. The van der Waals surface area contributed by atoms with Crippen molar-refractivity contribution >= 4 is 40.5 Å². The van der Waals surface area contributed by atoms with Crippen LogP contribution < -0.4 is 16.4 Å². The van der Waals surface area contributed by atoms with Crippen molar-refractivity contribution in [1.82, 2.24) is 5.32 Å². The molecule has 15 heavy (non-hydrogen) atoms. The number of anilines is 1. The van der Waals surface area contributed by atoms with Crippen LogP contribution in [0.3, 0.4) is 0 Å². The second-order valence-electron chi connectivity index (χ2n) is 2.76. The molecule has 0 bridgehead atoms. The minimum atomic E-state index is -0.197. The monoisotopic (exact) mass is 243 g/mol. The number of benzene rings is 1. The van der Waals surface area contributed by atoms with Crippen molar-refractivity contribution < 1.29 is 4.79 Å². The first-order chi connectivity index (χ1) is 7.04.